The zero-order valence-corrected chi connectivity index (χ0v) is 11.6. The fourth-order valence-corrected chi connectivity index (χ4v) is 1.94. The van der Waals surface area contributed by atoms with Crippen LogP contribution in [0.4, 0.5) is 0 Å². The highest BCUT2D eigenvalue weighted by Gasteiger charge is 2.22. The van der Waals surface area contributed by atoms with Crippen molar-refractivity contribution in [3.63, 3.8) is 0 Å². The van der Waals surface area contributed by atoms with Crippen molar-refractivity contribution in [2.75, 3.05) is 27.2 Å². The van der Waals surface area contributed by atoms with Gasteiger partial charge in [-0.2, -0.15) is 0 Å². The van der Waals surface area contributed by atoms with Gasteiger partial charge in [-0.1, -0.05) is 0 Å². The van der Waals surface area contributed by atoms with Crippen LogP contribution in [-0.2, 0) is 4.74 Å². The fraction of sp³-hybridized carbons (Fsp3) is 0.538. The summed E-state index contributed by atoms with van der Waals surface area (Å²) in [5.74, 6) is -0.413. The molecule has 0 aliphatic carbocycles. The van der Waals surface area contributed by atoms with Crippen molar-refractivity contribution in [3.8, 4) is 0 Å². The van der Waals surface area contributed by atoms with Crippen LogP contribution in [0.15, 0.2) is 0 Å². The number of hydrogen-bond acceptors (Lipinski definition) is 4. The lowest BCUT2D eigenvalue weighted by Gasteiger charge is -2.08. The molecule has 0 saturated carbocycles. The van der Waals surface area contributed by atoms with E-state index in [2.05, 4.69) is 4.98 Å². The van der Waals surface area contributed by atoms with E-state index in [-0.39, 0.29) is 5.78 Å². The number of carbonyl (C=O) groups is 2. The molecule has 0 unspecified atom stereocenters. The topological polar surface area (TPSA) is 62.4 Å². The molecule has 0 fully saturated rings. The van der Waals surface area contributed by atoms with Crippen LogP contribution in [0.5, 0.6) is 0 Å². The molecule has 1 aromatic rings. The van der Waals surface area contributed by atoms with E-state index in [9.17, 15) is 9.59 Å². The molecule has 0 radical (unpaired) electrons. The van der Waals surface area contributed by atoms with Gasteiger partial charge >= 0.3 is 5.97 Å². The fourth-order valence-electron chi connectivity index (χ4n) is 1.94. The number of H-pyrrole nitrogens is 1. The summed E-state index contributed by atoms with van der Waals surface area (Å²) >= 11 is 0. The molecule has 1 rings (SSSR count). The highest BCUT2D eigenvalue weighted by Crippen LogP contribution is 2.19. The van der Waals surface area contributed by atoms with E-state index < -0.39 is 5.97 Å². The largest absolute Gasteiger partial charge is 0.461 e. The number of hydrogen-bond donors (Lipinski definition) is 1. The van der Waals surface area contributed by atoms with E-state index in [1.54, 1.807) is 25.7 Å². The van der Waals surface area contributed by atoms with Crippen LogP contribution in [0.2, 0.25) is 0 Å². The van der Waals surface area contributed by atoms with Crippen LogP contribution >= 0.6 is 0 Å². The third-order valence-electron chi connectivity index (χ3n) is 2.66. The van der Waals surface area contributed by atoms with E-state index >= 15 is 0 Å². The number of ketones is 1. The van der Waals surface area contributed by atoms with E-state index in [1.165, 1.54) is 0 Å². The molecule has 0 aromatic carbocycles. The zero-order valence-electron chi connectivity index (χ0n) is 11.6. The number of esters is 1. The molecule has 0 atom stereocenters. The summed E-state index contributed by atoms with van der Waals surface area (Å²) in [5, 5.41) is 0. The Morgan fingerprint density at radius 2 is 1.89 bits per heavy atom. The van der Waals surface area contributed by atoms with E-state index in [1.807, 2.05) is 14.1 Å². The number of aryl methyl sites for hydroxylation is 1. The van der Waals surface area contributed by atoms with Gasteiger partial charge < -0.3 is 14.6 Å². The van der Waals surface area contributed by atoms with Gasteiger partial charge in [0.2, 0.25) is 0 Å². The minimum atomic E-state index is -0.415. The lowest BCUT2D eigenvalue weighted by molar-refractivity contribution is 0.0519. The van der Waals surface area contributed by atoms with Gasteiger partial charge in [-0.05, 0) is 40.4 Å². The van der Waals surface area contributed by atoms with Crippen LogP contribution in [0, 0.1) is 13.8 Å². The van der Waals surface area contributed by atoms with Gasteiger partial charge in [0.25, 0.3) is 0 Å². The van der Waals surface area contributed by atoms with Crippen molar-refractivity contribution < 1.29 is 14.3 Å². The second-order valence-electron chi connectivity index (χ2n) is 4.51. The van der Waals surface area contributed by atoms with Gasteiger partial charge in [0.15, 0.2) is 5.78 Å². The highest BCUT2D eigenvalue weighted by molar-refractivity contribution is 6.03. The van der Waals surface area contributed by atoms with Crippen LogP contribution in [0.1, 0.15) is 39.0 Å². The Balaban J connectivity index is 3.08. The van der Waals surface area contributed by atoms with Crippen LogP contribution in [0.3, 0.4) is 0 Å². The van der Waals surface area contributed by atoms with E-state index in [0.29, 0.717) is 35.7 Å². The predicted molar refractivity (Wildman–Crippen MR) is 69.1 cm³/mol. The first kappa shape index (κ1) is 14.4. The van der Waals surface area contributed by atoms with Crippen molar-refractivity contribution >= 4 is 11.8 Å². The third kappa shape index (κ3) is 2.98. The maximum absolute atomic E-state index is 12.1. The molecule has 0 aliphatic rings. The van der Waals surface area contributed by atoms with E-state index in [4.69, 9.17) is 4.74 Å². The monoisotopic (exact) mass is 252 g/mol. The number of carbonyl (C=O) groups excluding carboxylic acids is 2. The number of aromatic nitrogens is 1. The second kappa shape index (κ2) is 5.82. The summed E-state index contributed by atoms with van der Waals surface area (Å²) in [6, 6.07) is 0. The number of likely N-dealkylation sites (N-methyl/N-ethyl adjacent to an activating group) is 1. The van der Waals surface area contributed by atoms with Crippen molar-refractivity contribution in [2.45, 2.75) is 20.8 Å². The first-order valence-corrected chi connectivity index (χ1v) is 5.92. The van der Waals surface area contributed by atoms with Gasteiger partial charge in [-0.3, -0.25) is 4.79 Å². The summed E-state index contributed by atoms with van der Waals surface area (Å²) < 4.78 is 4.95. The molecule has 0 bridgehead atoms. The quantitative estimate of drug-likeness (QED) is 0.638. The van der Waals surface area contributed by atoms with Crippen molar-refractivity contribution in [3.05, 3.63) is 22.5 Å². The number of rotatable bonds is 5. The normalized spacial score (nSPS) is 10.8. The highest BCUT2D eigenvalue weighted by atomic mass is 16.5. The molecule has 1 aromatic heterocycles. The molecule has 18 heavy (non-hydrogen) atoms. The first-order chi connectivity index (χ1) is 8.38. The molecule has 1 N–H and O–H groups in total. The molecule has 100 valence electrons. The van der Waals surface area contributed by atoms with Gasteiger partial charge in [-0.25, -0.2) is 4.79 Å². The zero-order chi connectivity index (χ0) is 13.9. The Kier molecular flexibility index (Phi) is 4.67. The minimum absolute atomic E-state index is 0.00167. The number of nitrogens with one attached hydrogen (secondary N) is 1. The predicted octanol–water partition coefficient (Wildman–Crippen LogP) is 1.55. The number of ether oxygens (including phenoxy) is 1. The van der Waals surface area contributed by atoms with Crippen molar-refractivity contribution in [1.29, 1.82) is 0 Å². The Bertz CT molecular complexity index is 461. The number of aromatic amines is 1. The molecule has 0 amide bonds. The standard InChI is InChI=1S/C13H20N2O3/c1-6-18-13(17)12-8(2)11(9(3)14-12)10(16)7-15(4)5/h14H,6-7H2,1-5H3. The Hall–Kier alpha value is -1.62. The lowest BCUT2D eigenvalue weighted by Crippen LogP contribution is -2.22. The molecular weight excluding hydrogens is 232 g/mol. The summed E-state index contributed by atoms with van der Waals surface area (Å²) in [7, 11) is 3.67. The molecular formula is C13H20N2O3. The average Bonchev–Trinajstić information content (AvgIpc) is 2.53. The van der Waals surface area contributed by atoms with Crippen molar-refractivity contribution in [2.24, 2.45) is 0 Å². The molecule has 5 heteroatoms. The maximum Gasteiger partial charge on any atom is 0.355 e. The summed E-state index contributed by atoms with van der Waals surface area (Å²) in [5.41, 5.74) is 2.34. The lowest BCUT2D eigenvalue weighted by atomic mass is 10.1. The average molecular weight is 252 g/mol. The van der Waals surface area contributed by atoms with Gasteiger partial charge in [0.1, 0.15) is 5.69 Å². The molecule has 5 nitrogen and oxygen atoms in total. The maximum atomic E-state index is 12.1. The van der Waals surface area contributed by atoms with Crippen LogP contribution < -0.4 is 0 Å². The van der Waals surface area contributed by atoms with Gasteiger partial charge in [-0.15, -0.1) is 0 Å². The number of Topliss-reactive ketones (excluding diaryl/α,β-unsaturated/α-hetero) is 1. The summed E-state index contributed by atoms with van der Waals surface area (Å²) in [6.45, 7) is 5.94. The Labute approximate surface area is 107 Å². The van der Waals surface area contributed by atoms with Gasteiger partial charge in [0.05, 0.1) is 13.2 Å². The first-order valence-electron chi connectivity index (χ1n) is 5.92. The van der Waals surface area contributed by atoms with E-state index in [0.717, 1.165) is 0 Å². The number of nitrogens with zero attached hydrogens (tertiary/aromatic N) is 1. The third-order valence-corrected chi connectivity index (χ3v) is 2.66. The summed E-state index contributed by atoms with van der Waals surface area (Å²) in [6.07, 6.45) is 0. The molecule has 0 saturated heterocycles. The smallest absolute Gasteiger partial charge is 0.355 e. The molecule has 0 spiro atoms. The Morgan fingerprint density at radius 1 is 1.28 bits per heavy atom. The molecule has 1 heterocycles. The second-order valence-corrected chi connectivity index (χ2v) is 4.51. The van der Waals surface area contributed by atoms with Crippen LogP contribution in [0.25, 0.3) is 0 Å². The van der Waals surface area contributed by atoms with Crippen molar-refractivity contribution in [1.82, 2.24) is 9.88 Å². The Morgan fingerprint density at radius 3 is 2.39 bits per heavy atom. The summed E-state index contributed by atoms with van der Waals surface area (Å²) in [4.78, 5) is 28.5. The minimum Gasteiger partial charge on any atom is -0.461 e. The SMILES string of the molecule is CCOC(=O)c1[nH]c(C)c(C(=O)CN(C)C)c1C. The molecule has 0 aliphatic heterocycles. The van der Waals surface area contributed by atoms with Crippen LogP contribution in [-0.4, -0.2) is 48.9 Å². The van der Waals surface area contributed by atoms with Gasteiger partial charge in [0, 0.05) is 11.3 Å².